The Hall–Kier alpha value is -2.31. The van der Waals surface area contributed by atoms with Crippen LogP contribution in [0.3, 0.4) is 0 Å². The van der Waals surface area contributed by atoms with E-state index in [1.54, 1.807) is 12.1 Å². The molecule has 2 aromatic rings. The summed E-state index contributed by atoms with van der Waals surface area (Å²) in [6.07, 6.45) is 0.166. The number of benzene rings is 2. The van der Waals surface area contributed by atoms with Crippen molar-refractivity contribution in [2.75, 3.05) is 16.8 Å². The van der Waals surface area contributed by atoms with Crippen LogP contribution in [0.2, 0.25) is 10.0 Å². The van der Waals surface area contributed by atoms with E-state index < -0.39 is 6.03 Å². The second-order valence-electron chi connectivity index (χ2n) is 5.60. The van der Waals surface area contributed by atoms with Crippen molar-refractivity contribution in [3.8, 4) is 0 Å². The van der Waals surface area contributed by atoms with E-state index in [0.29, 0.717) is 28.0 Å². The number of halogens is 3. The number of carbonyl (C=O) groups excluding carboxylic acids is 2. The van der Waals surface area contributed by atoms with E-state index in [2.05, 4.69) is 10.6 Å². The van der Waals surface area contributed by atoms with Crippen molar-refractivity contribution in [3.63, 3.8) is 0 Å². The molecular weight excluding hydrogens is 368 g/mol. The zero-order valence-corrected chi connectivity index (χ0v) is 14.4. The first-order chi connectivity index (χ1) is 11.9. The predicted octanol–water partition coefficient (Wildman–Crippen LogP) is 4.06. The van der Waals surface area contributed by atoms with E-state index in [9.17, 15) is 14.0 Å². The molecule has 3 amide bonds. The molecule has 5 nitrogen and oxygen atoms in total. The van der Waals surface area contributed by atoms with Gasteiger partial charge in [-0.25, -0.2) is 9.18 Å². The zero-order chi connectivity index (χ0) is 18.0. The highest BCUT2D eigenvalue weighted by Gasteiger charge is 2.31. The van der Waals surface area contributed by atoms with Gasteiger partial charge in [-0.2, -0.15) is 0 Å². The van der Waals surface area contributed by atoms with Crippen LogP contribution in [0.15, 0.2) is 42.5 Å². The number of nitrogens with zero attached hydrogens (tertiary/aromatic N) is 1. The van der Waals surface area contributed by atoms with Crippen LogP contribution in [0.5, 0.6) is 0 Å². The number of anilines is 2. The molecule has 130 valence electrons. The Bertz CT molecular complexity index is 814. The van der Waals surface area contributed by atoms with Crippen molar-refractivity contribution in [2.24, 2.45) is 0 Å². The van der Waals surface area contributed by atoms with E-state index in [1.807, 2.05) is 0 Å². The number of urea groups is 1. The van der Waals surface area contributed by atoms with Gasteiger partial charge in [0.2, 0.25) is 5.91 Å². The Morgan fingerprint density at radius 3 is 2.56 bits per heavy atom. The Kier molecular flexibility index (Phi) is 5.11. The van der Waals surface area contributed by atoms with Gasteiger partial charge in [-0.3, -0.25) is 4.79 Å². The number of nitrogens with one attached hydrogen (secondary N) is 2. The summed E-state index contributed by atoms with van der Waals surface area (Å²) in [7, 11) is 0. The van der Waals surface area contributed by atoms with Gasteiger partial charge in [0.25, 0.3) is 0 Å². The summed E-state index contributed by atoms with van der Waals surface area (Å²) in [5.74, 6) is -0.509. The van der Waals surface area contributed by atoms with Gasteiger partial charge in [-0.15, -0.1) is 0 Å². The first kappa shape index (κ1) is 17.5. The van der Waals surface area contributed by atoms with Crippen molar-refractivity contribution < 1.29 is 14.0 Å². The number of carbonyl (C=O) groups is 2. The summed E-state index contributed by atoms with van der Waals surface area (Å²) in [5.41, 5.74) is 1.01. The molecule has 2 N–H and O–H groups in total. The van der Waals surface area contributed by atoms with E-state index in [-0.39, 0.29) is 24.2 Å². The molecule has 1 heterocycles. The summed E-state index contributed by atoms with van der Waals surface area (Å²) in [4.78, 5) is 25.7. The monoisotopic (exact) mass is 381 g/mol. The van der Waals surface area contributed by atoms with Crippen LogP contribution in [-0.2, 0) is 4.79 Å². The molecule has 0 radical (unpaired) electrons. The van der Waals surface area contributed by atoms with Gasteiger partial charge in [0.1, 0.15) is 5.82 Å². The molecule has 8 heteroatoms. The van der Waals surface area contributed by atoms with Gasteiger partial charge in [-0.05, 0) is 42.5 Å². The lowest BCUT2D eigenvalue weighted by molar-refractivity contribution is -0.117. The number of amides is 3. The van der Waals surface area contributed by atoms with Crippen molar-refractivity contribution >= 4 is 46.5 Å². The van der Waals surface area contributed by atoms with Crippen LogP contribution < -0.4 is 15.5 Å². The van der Waals surface area contributed by atoms with Gasteiger partial charge in [0, 0.05) is 23.7 Å². The number of hydrogen-bond acceptors (Lipinski definition) is 2. The summed E-state index contributed by atoms with van der Waals surface area (Å²) in [5, 5.41) is 6.14. The van der Waals surface area contributed by atoms with Crippen LogP contribution in [0.1, 0.15) is 6.42 Å². The van der Waals surface area contributed by atoms with E-state index in [4.69, 9.17) is 23.2 Å². The SMILES string of the molecule is O=C(Nc1ccc(Cl)cc1Cl)NC1CC(=O)N(c2ccc(F)cc2)C1. The largest absolute Gasteiger partial charge is 0.333 e. The molecule has 1 fully saturated rings. The fraction of sp³-hybridized carbons (Fsp3) is 0.176. The highest BCUT2D eigenvalue weighted by Crippen LogP contribution is 2.26. The Morgan fingerprint density at radius 1 is 1.16 bits per heavy atom. The highest BCUT2D eigenvalue weighted by atomic mass is 35.5. The summed E-state index contributed by atoms with van der Waals surface area (Å²) < 4.78 is 13.0. The molecular formula is C17H14Cl2FN3O2. The third kappa shape index (κ3) is 4.21. The van der Waals surface area contributed by atoms with E-state index >= 15 is 0 Å². The average Bonchev–Trinajstić information content (AvgIpc) is 2.91. The average molecular weight is 382 g/mol. The molecule has 2 aromatic carbocycles. The van der Waals surface area contributed by atoms with Gasteiger partial charge >= 0.3 is 6.03 Å². The zero-order valence-electron chi connectivity index (χ0n) is 12.9. The van der Waals surface area contributed by atoms with E-state index in [0.717, 1.165) is 0 Å². The van der Waals surface area contributed by atoms with Gasteiger partial charge in [0.15, 0.2) is 0 Å². The maximum Gasteiger partial charge on any atom is 0.319 e. The molecule has 0 bridgehead atoms. The molecule has 3 rings (SSSR count). The predicted molar refractivity (Wildman–Crippen MR) is 95.8 cm³/mol. The van der Waals surface area contributed by atoms with E-state index in [1.165, 1.54) is 35.2 Å². The summed E-state index contributed by atoms with van der Waals surface area (Å²) in [6, 6.07) is 9.54. The minimum atomic E-state index is -0.469. The highest BCUT2D eigenvalue weighted by molar-refractivity contribution is 6.36. The fourth-order valence-electron chi connectivity index (χ4n) is 2.61. The lowest BCUT2D eigenvalue weighted by atomic mass is 10.2. The Morgan fingerprint density at radius 2 is 1.88 bits per heavy atom. The number of rotatable bonds is 3. The standard InChI is InChI=1S/C17H14Cl2FN3O2/c18-10-1-6-15(14(19)7-10)22-17(25)21-12-8-16(24)23(9-12)13-4-2-11(20)3-5-13/h1-7,12H,8-9H2,(H2,21,22,25). The normalized spacial score (nSPS) is 16.8. The number of hydrogen-bond donors (Lipinski definition) is 2. The molecule has 0 saturated carbocycles. The Balaban J connectivity index is 1.61. The first-order valence-corrected chi connectivity index (χ1v) is 8.26. The van der Waals surface area contributed by atoms with Crippen LogP contribution in [0.25, 0.3) is 0 Å². The second kappa shape index (κ2) is 7.29. The molecule has 1 aliphatic rings. The third-order valence-corrected chi connectivity index (χ3v) is 4.33. The molecule has 0 spiro atoms. The van der Waals surface area contributed by atoms with Crippen molar-refractivity contribution in [3.05, 3.63) is 58.3 Å². The lowest BCUT2D eigenvalue weighted by Crippen LogP contribution is -2.39. The van der Waals surface area contributed by atoms with Crippen molar-refractivity contribution in [1.29, 1.82) is 0 Å². The van der Waals surface area contributed by atoms with Crippen LogP contribution in [0, 0.1) is 5.82 Å². The molecule has 1 saturated heterocycles. The maximum absolute atomic E-state index is 13.0. The third-order valence-electron chi connectivity index (χ3n) is 3.78. The first-order valence-electron chi connectivity index (χ1n) is 7.51. The van der Waals surface area contributed by atoms with Crippen LogP contribution >= 0.6 is 23.2 Å². The summed E-state index contributed by atoms with van der Waals surface area (Å²) >= 11 is 11.8. The fourth-order valence-corrected chi connectivity index (χ4v) is 3.07. The van der Waals surface area contributed by atoms with Gasteiger partial charge in [-0.1, -0.05) is 23.2 Å². The molecule has 25 heavy (non-hydrogen) atoms. The molecule has 0 aromatic heterocycles. The van der Waals surface area contributed by atoms with Crippen LogP contribution in [-0.4, -0.2) is 24.5 Å². The summed E-state index contributed by atoms with van der Waals surface area (Å²) in [6.45, 7) is 0.312. The molecule has 1 unspecified atom stereocenters. The topological polar surface area (TPSA) is 61.4 Å². The molecule has 1 aliphatic heterocycles. The van der Waals surface area contributed by atoms with Gasteiger partial charge in [0.05, 0.1) is 16.8 Å². The maximum atomic E-state index is 13.0. The van der Waals surface area contributed by atoms with Gasteiger partial charge < -0.3 is 15.5 Å². The Labute approximate surface area is 153 Å². The minimum absolute atomic E-state index is 0.138. The lowest BCUT2D eigenvalue weighted by Gasteiger charge is -2.17. The smallest absolute Gasteiger partial charge is 0.319 e. The van der Waals surface area contributed by atoms with Crippen molar-refractivity contribution in [2.45, 2.75) is 12.5 Å². The molecule has 0 aliphatic carbocycles. The molecule has 1 atom stereocenters. The van der Waals surface area contributed by atoms with Crippen LogP contribution in [0.4, 0.5) is 20.6 Å². The second-order valence-corrected chi connectivity index (χ2v) is 6.45. The van der Waals surface area contributed by atoms with Crippen molar-refractivity contribution in [1.82, 2.24) is 5.32 Å². The quantitative estimate of drug-likeness (QED) is 0.841. The minimum Gasteiger partial charge on any atom is -0.333 e.